The van der Waals surface area contributed by atoms with Gasteiger partial charge in [-0.25, -0.2) is 27.2 Å². The summed E-state index contributed by atoms with van der Waals surface area (Å²) < 4.78 is 55.7. The van der Waals surface area contributed by atoms with Crippen LogP contribution in [0.4, 0.5) is 32.1 Å². The van der Waals surface area contributed by atoms with Crippen molar-refractivity contribution in [2.24, 2.45) is 7.05 Å². The van der Waals surface area contributed by atoms with Gasteiger partial charge in [-0.2, -0.15) is 10.1 Å². The van der Waals surface area contributed by atoms with Crippen LogP contribution in [0.3, 0.4) is 0 Å². The number of aryl methyl sites for hydroxylation is 1. The summed E-state index contributed by atoms with van der Waals surface area (Å²) in [4.78, 5) is 14.6. The molecule has 13 heteroatoms. The number of imidazole rings is 1. The van der Waals surface area contributed by atoms with Crippen LogP contribution in [0, 0.1) is 11.6 Å². The molecule has 0 aliphatic heterocycles. The van der Waals surface area contributed by atoms with E-state index in [4.69, 9.17) is 4.98 Å². The van der Waals surface area contributed by atoms with E-state index in [2.05, 4.69) is 25.5 Å². The summed E-state index contributed by atoms with van der Waals surface area (Å²) in [6, 6.07) is 3.54. The van der Waals surface area contributed by atoms with E-state index < -0.39 is 32.1 Å². The van der Waals surface area contributed by atoms with E-state index in [-0.39, 0.29) is 11.9 Å². The highest BCUT2D eigenvalue weighted by Gasteiger charge is 2.34. The molecule has 0 bridgehead atoms. The number of nitrogens with one attached hydrogen (secondary N) is 2. The van der Waals surface area contributed by atoms with Gasteiger partial charge >= 0.3 is 0 Å². The zero-order valence-electron chi connectivity index (χ0n) is 21.0. The fourth-order valence-corrected chi connectivity index (χ4v) is 5.13. The van der Waals surface area contributed by atoms with E-state index >= 15 is 8.78 Å². The first-order chi connectivity index (χ1) is 18.1. The average molecular weight is 541 g/mol. The lowest BCUT2D eigenvalue weighted by Gasteiger charge is -2.22. The topological polar surface area (TPSA) is 122 Å². The van der Waals surface area contributed by atoms with Crippen LogP contribution >= 0.6 is 0 Å². The smallest absolute Gasteiger partial charge is 0.232 e. The van der Waals surface area contributed by atoms with Crippen molar-refractivity contribution in [3.05, 3.63) is 53.6 Å². The van der Waals surface area contributed by atoms with Crippen molar-refractivity contribution < 1.29 is 17.2 Å². The number of anilines is 4. The van der Waals surface area contributed by atoms with Crippen molar-refractivity contribution in [1.29, 1.82) is 0 Å². The van der Waals surface area contributed by atoms with Crippen LogP contribution in [0.25, 0.3) is 11.4 Å². The van der Waals surface area contributed by atoms with Gasteiger partial charge in [-0.15, -0.1) is 0 Å². The van der Waals surface area contributed by atoms with Crippen LogP contribution in [0.5, 0.6) is 0 Å². The molecule has 0 atom stereocenters. The zero-order chi connectivity index (χ0) is 26.8. The molecular formula is C25H26F2N8O2S. The van der Waals surface area contributed by atoms with E-state index in [0.29, 0.717) is 28.9 Å². The first-order valence-corrected chi connectivity index (χ1v) is 14.1. The Bertz CT molecular complexity index is 1630. The number of H-pyrrole nitrogens is 1. The molecule has 2 aliphatic rings. The molecule has 2 saturated carbocycles. The maximum absolute atomic E-state index is 15.1. The molecule has 0 amide bonds. The predicted molar refractivity (Wildman–Crippen MR) is 138 cm³/mol. The maximum atomic E-state index is 15.1. The van der Waals surface area contributed by atoms with Gasteiger partial charge in [0.05, 0.1) is 11.2 Å². The Morgan fingerprint density at radius 2 is 1.76 bits per heavy atom. The summed E-state index contributed by atoms with van der Waals surface area (Å²) in [5.41, 5.74) is 2.60. The summed E-state index contributed by atoms with van der Waals surface area (Å²) in [5, 5.41) is 10.8. The molecule has 2 fully saturated rings. The van der Waals surface area contributed by atoms with Crippen molar-refractivity contribution in [1.82, 2.24) is 29.7 Å². The number of benzene rings is 1. The van der Waals surface area contributed by atoms with Gasteiger partial charge in [-0.05, 0) is 43.7 Å². The fourth-order valence-electron chi connectivity index (χ4n) is 4.49. The first-order valence-electron chi connectivity index (χ1n) is 12.2. The van der Waals surface area contributed by atoms with Crippen molar-refractivity contribution in [2.75, 3.05) is 23.5 Å². The number of rotatable bonds is 8. The minimum Gasteiger partial charge on any atom is -0.340 e. The molecule has 38 heavy (non-hydrogen) atoms. The summed E-state index contributed by atoms with van der Waals surface area (Å²) in [6.07, 6.45) is 8.53. The minimum absolute atomic E-state index is 0.0143. The van der Waals surface area contributed by atoms with E-state index in [1.807, 2.05) is 19.3 Å². The second kappa shape index (κ2) is 8.86. The Kier molecular flexibility index (Phi) is 5.70. The lowest BCUT2D eigenvalue weighted by Crippen LogP contribution is -2.19. The van der Waals surface area contributed by atoms with Gasteiger partial charge in [0.15, 0.2) is 27.3 Å². The van der Waals surface area contributed by atoms with Gasteiger partial charge in [-0.3, -0.25) is 5.10 Å². The Morgan fingerprint density at radius 3 is 2.34 bits per heavy atom. The van der Waals surface area contributed by atoms with Crippen LogP contribution < -0.4 is 10.2 Å². The van der Waals surface area contributed by atoms with Gasteiger partial charge in [0.1, 0.15) is 22.9 Å². The Labute approximate surface area is 218 Å². The third kappa shape index (κ3) is 4.62. The van der Waals surface area contributed by atoms with Crippen LogP contribution in [0.1, 0.15) is 48.8 Å². The molecule has 10 nitrogen and oxygen atoms in total. The zero-order valence-corrected chi connectivity index (χ0v) is 21.9. The number of hydrogen-bond acceptors (Lipinski definition) is 8. The largest absolute Gasteiger partial charge is 0.340 e. The Morgan fingerprint density at radius 1 is 1.08 bits per heavy atom. The van der Waals surface area contributed by atoms with Crippen molar-refractivity contribution in [3.63, 3.8) is 0 Å². The van der Waals surface area contributed by atoms with E-state index in [1.54, 1.807) is 10.9 Å². The fraction of sp³-hybridized carbons (Fsp3) is 0.360. The average Bonchev–Trinajstić information content (AvgIpc) is 3.78. The van der Waals surface area contributed by atoms with Gasteiger partial charge < -0.3 is 14.8 Å². The molecule has 2 aliphatic carbocycles. The summed E-state index contributed by atoms with van der Waals surface area (Å²) in [5.74, 6) is -0.317. The second-order valence-electron chi connectivity index (χ2n) is 10.0. The Hall–Kier alpha value is -3.87. The van der Waals surface area contributed by atoms with Gasteiger partial charge in [-0.1, -0.05) is 0 Å². The second-order valence-corrected chi connectivity index (χ2v) is 12.0. The van der Waals surface area contributed by atoms with Crippen molar-refractivity contribution in [2.45, 2.75) is 42.4 Å². The van der Waals surface area contributed by atoms with Crippen molar-refractivity contribution >= 4 is 33.1 Å². The number of aromatic nitrogens is 6. The molecule has 1 aromatic carbocycles. The predicted octanol–water partition coefficient (Wildman–Crippen LogP) is 4.55. The van der Waals surface area contributed by atoms with Gasteiger partial charge in [0.25, 0.3) is 0 Å². The molecule has 2 N–H and O–H groups in total. The molecule has 4 aromatic rings. The quantitative estimate of drug-likeness (QED) is 0.334. The van der Waals surface area contributed by atoms with Crippen LogP contribution in [-0.2, 0) is 16.9 Å². The number of sulfone groups is 1. The lowest BCUT2D eigenvalue weighted by atomic mass is 10.1. The molecule has 0 unspecified atom stereocenters. The Balaban J connectivity index is 1.48. The highest BCUT2D eigenvalue weighted by atomic mass is 32.2. The van der Waals surface area contributed by atoms with Gasteiger partial charge in [0.2, 0.25) is 5.95 Å². The molecule has 198 valence electrons. The first kappa shape index (κ1) is 24.5. The van der Waals surface area contributed by atoms with Crippen LogP contribution in [-0.4, -0.2) is 51.4 Å². The molecule has 3 heterocycles. The third-order valence-corrected chi connectivity index (χ3v) is 7.87. The number of hydrogen-bond donors (Lipinski definition) is 2. The normalized spacial score (nSPS) is 15.6. The lowest BCUT2D eigenvalue weighted by molar-refractivity contribution is 0.569. The number of aromatic amines is 1. The SMILES string of the molecule is CN(c1nc(Nc2cc(C3CC3)[nH]n2)c(C2CC2)c(-c2cn(C)cn2)n1)c1c(F)cc(S(C)(=O)=O)cc1F. The molecule has 0 saturated heterocycles. The summed E-state index contributed by atoms with van der Waals surface area (Å²) >= 11 is 0. The molecule has 3 aromatic heterocycles. The maximum Gasteiger partial charge on any atom is 0.232 e. The summed E-state index contributed by atoms with van der Waals surface area (Å²) in [7, 11) is -0.530. The highest BCUT2D eigenvalue weighted by molar-refractivity contribution is 7.90. The van der Waals surface area contributed by atoms with Crippen LogP contribution in [0.2, 0.25) is 0 Å². The highest BCUT2D eigenvalue weighted by Crippen LogP contribution is 2.48. The van der Waals surface area contributed by atoms with Crippen molar-refractivity contribution in [3.8, 4) is 11.4 Å². The number of halogens is 2. The molecule has 0 spiro atoms. The van der Waals surface area contributed by atoms with Gasteiger partial charge in [0, 0.05) is 49.8 Å². The molecular weight excluding hydrogens is 514 g/mol. The standard InChI is InChI=1S/C25H26F2N8O2S/c1-34-11-19(28-12-34)22-21(14-6-7-14)24(29-20-10-18(32-33-20)13-4-5-13)31-25(30-22)35(2)23-16(26)8-15(9-17(23)27)38(3,36)37/h8-14H,4-7H2,1-3H3,(H2,29,30,31,32,33). The number of nitrogens with zero attached hydrogens (tertiary/aromatic N) is 6. The minimum atomic E-state index is -3.80. The van der Waals surface area contributed by atoms with E-state index in [0.717, 1.165) is 55.3 Å². The van der Waals surface area contributed by atoms with Crippen LogP contribution in [0.15, 0.2) is 35.6 Å². The van der Waals surface area contributed by atoms with E-state index in [1.165, 1.54) is 11.9 Å². The monoisotopic (exact) mass is 540 g/mol. The third-order valence-electron chi connectivity index (χ3n) is 6.78. The molecule has 6 rings (SSSR count). The van der Waals surface area contributed by atoms with E-state index in [9.17, 15) is 8.42 Å². The molecule has 0 radical (unpaired) electrons. The summed E-state index contributed by atoms with van der Waals surface area (Å²) in [6.45, 7) is 0.